The molecule has 0 bridgehead atoms. The fraction of sp³-hybridized carbons (Fsp3) is 0. The maximum absolute atomic E-state index is 2.56. The minimum Gasteiger partial charge on any atom is -0.307 e. The molecule has 0 fully saturated rings. The summed E-state index contributed by atoms with van der Waals surface area (Å²) in [7, 11) is 0. The van der Waals surface area contributed by atoms with Gasteiger partial charge in [-0.2, -0.15) is 0 Å². The Labute approximate surface area is 278 Å². The van der Waals surface area contributed by atoms with Crippen molar-refractivity contribution in [2.75, 3.05) is 0 Å². The second-order valence-electron chi connectivity index (χ2n) is 12.5. The van der Waals surface area contributed by atoms with Crippen molar-refractivity contribution in [2.45, 2.75) is 0 Å². The molecule has 0 saturated carbocycles. The van der Waals surface area contributed by atoms with Crippen LogP contribution >= 0.6 is 0 Å². The number of benzene rings is 8. The standard InChI is InChI=1S/C46H30N2/c1-4-16-31(17-5-1)42-40-29-28-39-38-26-14-15-27-41(38)48(44-36-24-12-10-20-33(36)30-34-21-11-13-25-37(34)44)45(39)46(40)47(35-22-8-3-9-23-35)43(42)32-18-6-2-7-19-32/h1-30H. The van der Waals surface area contributed by atoms with Gasteiger partial charge in [-0.1, -0.05) is 158 Å². The normalized spacial score (nSPS) is 11.8. The lowest BCUT2D eigenvalue weighted by Crippen LogP contribution is -2.01. The number of nitrogens with zero attached hydrogens (tertiary/aromatic N) is 2. The molecule has 0 radical (unpaired) electrons. The van der Waals surface area contributed by atoms with E-state index < -0.39 is 0 Å². The molecule has 10 aromatic rings. The predicted molar refractivity (Wildman–Crippen MR) is 203 cm³/mol. The molecule has 2 aromatic heterocycles. The quantitative estimate of drug-likeness (QED) is 0.175. The largest absolute Gasteiger partial charge is 0.307 e. The number of hydrogen-bond acceptors (Lipinski definition) is 0. The summed E-state index contributed by atoms with van der Waals surface area (Å²) in [6, 6.07) is 66.2. The second-order valence-corrected chi connectivity index (χ2v) is 12.5. The van der Waals surface area contributed by atoms with Crippen molar-refractivity contribution in [1.82, 2.24) is 9.13 Å². The van der Waals surface area contributed by atoms with Gasteiger partial charge in [-0.3, -0.25) is 0 Å². The van der Waals surface area contributed by atoms with Crippen molar-refractivity contribution in [2.24, 2.45) is 0 Å². The highest BCUT2D eigenvalue weighted by atomic mass is 15.1. The van der Waals surface area contributed by atoms with E-state index in [-0.39, 0.29) is 0 Å². The van der Waals surface area contributed by atoms with E-state index >= 15 is 0 Å². The van der Waals surface area contributed by atoms with Crippen LogP contribution in [0, 0.1) is 0 Å². The molecule has 0 aliphatic heterocycles. The Balaban J connectivity index is 1.52. The van der Waals surface area contributed by atoms with E-state index in [0.29, 0.717) is 0 Å². The highest BCUT2D eigenvalue weighted by Gasteiger charge is 2.26. The van der Waals surface area contributed by atoms with Crippen LogP contribution in [-0.4, -0.2) is 9.13 Å². The van der Waals surface area contributed by atoms with Crippen LogP contribution in [0.1, 0.15) is 0 Å². The van der Waals surface area contributed by atoms with Gasteiger partial charge in [-0.25, -0.2) is 0 Å². The summed E-state index contributed by atoms with van der Waals surface area (Å²) in [6.07, 6.45) is 0. The Morgan fingerprint density at radius 1 is 0.333 bits per heavy atom. The van der Waals surface area contributed by atoms with E-state index in [0.717, 1.165) is 5.69 Å². The van der Waals surface area contributed by atoms with Crippen LogP contribution in [0.2, 0.25) is 0 Å². The smallest absolute Gasteiger partial charge is 0.0789 e. The van der Waals surface area contributed by atoms with Crippen LogP contribution in [0.15, 0.2) is 182 Å². The molecule has 0 unspecified atom stereocenters. The zero-order chi connectivity index (χ0) is 31.6. The molecule has 8 aromatic carbocycles. The summed E-state index contributed by atoms with van der Waals surface area (Å²) in [5.74, 6) is 0. The van der Waals surface area contributed by atoms with Gasteiger partial charge in [0.2, 0.25) is 0 Å². The van der Waals surface area contributed by atoms with Crippen LogP contribution in [0.5, 0.6) is 0 Å². The molecular weight excluding hydrogens is 581 g/mol. The molecule has 10 rings (SSSR count). The van der Waals surface area contributed by atoms with E-state index in [1.54, 1.807) is 0 Å². The summed E-state index contributed by atoms with van der Waals surface area (Å²) in [5, 5.41) is 8.65. The first kappa shape index (κ1) is 26.8. The summed E-state index contributed by atoms with van der Waals surface area (Å²) in [5.41, 5.74) is 10.8. The van der Waals surface area contributed by atoms with E-state index in [1.807, 2.05) is 0 Å². The lowest BCUT2D eigenvalue weighted by Gasteiger charge is -2.17. The Morgan fingerprint density at radius 2 is 0.833 bits per heavy atom. The van der Waals surface area contributed by atoms with Crippen molar-refractivity contribution in [1.29, 1.82) is 0 Å². The van der Waals surface area contributed by atoms with Gasteiger partial charge in [0.15, 0.2) is 0 Å². The zero-order valence-corrected chi connectivity index (χ0v) is 26.2. The van der Waals surface area contributed by atoms with Gasteiger partial charge >= 0.3 is 0 Å². The van der Waals surface area contributed by atoms with Crippen molar-refractivity contribution >= 4 is 54.3 Å². The number of fused-ring (bicyclic) bond motifs is 7. The molecule has 2 nitrogen and oxygen atoms in total. The summed E-state index contributed by atoms with van der Waals surface area (Å²) >= 11 is 0. The van der Waals surface area contributed by atoms with Crippen LogP contribution in [0.25, 0.3) is 88.0 Å². The van der Waals surface area contributed by atoms with Crippen molar-refractivity contribution in [3.8, 4) is 33.8 Å². The minimum atomic E-state index is 1.13. The van der Waals surface area contributed by atoms with E-state index in [2.05, 4.69) is 191 Å². The Morgan fingerprint density at radius 3 is 1.50 bits per heavy atom. The third kappa shape index (κ3) is 3.87. The average Bonchev–Trinajstić information content (AvgIpc) is 3.68. The van der Waals surface area contributed by atoms with E-state index in [9.17, 15) is 0 Å². The van der Waals surface area contributed by atoms with Crippen molar-refractivity contribution < 1.29 is 0 Å². The maximum atomic E-state index is 2.56. The second kappa shape index (κ2) is 10.6. The minimum absolute atomic E-state index is 1.13. The van der Waals surface area contributed by atoms with Gasteiger partial charge in [0.1, 0.15) is 0 Å². The molecule has 0 amide bonds. The summed E-state index contributed by atoms with van der Waals surface area (Å²) < 4.78 is 5.07. The number of aromatic nitrogens is 2. The van der Waals surface area contributed by atoms with Gasteiger partial charge in [-0.05, 0) is 46.2 Å². The maximum Gasteiger partial charge on any atom is 0.0789 e. The number of hydrogen-bond donors (Lipinski definition) is 0. The lowest BCUT2D eigenvalue weighted by molar-refractivity contribution is 1.13. The van der Waals surface area contributed by atoms with Gasteiger partial charge in [-0.15, -0.1) is 0 Å². The molecule has 48 heavy (non-hydrogen) atoms. The van der Waals surface area contributed by atoms with Gasteiger partial charge in [0.05, 0.1) is 27.9 Å². The monoisotopic (exact) mass is 610 g/mol. The molecule has 2 heteroatoms. The molecule has 0 saturated heterocycles. The lowest BCUT2D eigenvalue weighted by atomic mass is 9.97. The molecule has 0 N–H and O–H groups in total. The van der Waals surface area contributed by atoms with Crippen molar-refractivity contribution in [3.05, 3.63) is 182 Å². The number of rotatable bonds is 4. The fourth-order valence-corrected chi connectivity index (χ4v) is 7.88. The first-order chi connectivity index (χ1) is 23.9. The van der Waals surface area contributed by atoms with E-state index in [4.69, 9.17) is 0 Å². The molecule has 0 aliphatic rings. The first-order valence-electron chi connectivity index (χ1n) is 16.5. The summed E-state index contributed by atoms with van der Waals surface area (Å²) in [6.45, 7) is 0. The number of para-hydroxylation sites is 2. The molecule has 224 valence electrons. The third-order valence-electron chi connectivity index (χ3n) is 9.85. The molecular formula is C46H30N2. The topological polar surface area (TPSA) is 9.86 Å². The highest BCUT2D eigenvalue weighted by molar-refractivity contribution is 6.24. The predicted octanol–water partition coefficient (Wildman–Crippen LogP) is 12.4. The molecule has 0 spiro atoms. The zero-order valence-electron chi connectivity index (χ0n) is 26.2. The molecule has 0 aliphatic carbocycles. The third-order valence-corrected chi connectivity index (χ3v) is 9.85. The summed E-state index contributed by atoms with van der Waals surface area (Å²) in [4.78, 5) is 0. The molecule has 0 atom stereocenters. The van der Waals surface area contributed by atoms with E-state index in [1.165, 1.54) is 82.3 Å². The fourth-order valence-electron chi connectivity index (χ4n) is 7.88. The molecule has 2 heterocycles. The Kier molecular flexibility index (Phi) is 5.91. The highest BCUT2D eigenvalue weighted by Crippen LogP contribution is 2.48. The first-order valence-corrected chi connectivity index (χ1v) is 16.5. The van der Waals surface area contributed by atoms with Crippen LogP contribution in [0.4, 0.5) is 0 Å². The van der Waals surface area contributed by atoms with Crippen LogP contribution < -0.4 is 0 Å². The van der Waals surface area contributed by atoms with Gasteiger partial charge < -0.3 is 9.13 Å². The average molecular weight is 611 g/mol. The SMILES string of the molecule is c1ccc(-c2c(-c3ccccc3)n(-c3ccccc3)c3c2ccc2c4ccccc4n(-c4c5ccccc5cc5ccccc45)c23)cc1. The van der Waals surface area contributed by atoms with Crippen LogP contribution in [0.3, 0.4) is 0 Å². The Hall–Kier alpha value is -6.38. The Bertz CT molecular complexity index is 2750. The van der Waals surface area contributed by atoms with Gasteiger partial charge in [0.25, 0.3) is 0 Å². The van der Waals surface area contributed by atoms with Gasteiger partial charge in [0, 0.05) is 38.2 Å². The van der Waals surface area contributed by atoms with Crippen molar-refractivity contribution in [3.63, 3.8) is 0 Å². The van der Waals surface area contributed by atoms with Crippen LogP contribution in [-0.2, 0) is 0 Å².